The first kappa shape index (κ1) is 58.2. The van der Waals surface area contributed by atoms with Gasteiger partial charge in [0.2, 0.25) is 23.6 Å². The fourth-order valence-electron chi connectivity index (χ4n) is 9.40. The Balaban J connectivity index is 1.16. The molecule has 0 spiro atoms. The molecule has 0 saturated carbocycles. The molecule has 408 valence electrons. The molecule has 5 atom stereocenters. The molecule has 0 unspecified atom stereocenters. The normalized spacial score (nSPS) is 14.2. The number of fused-ring (bicyclic) bond motifs is 3. The van der Waals surface area contributed by atoms with Gasteiger partial charge in [0.15, 0.2) is 0 Å². The highest BCUT2D eigenvalue weighted by atomic mass is 16.6. The number of hydrogen-bond acceptors (Lipinski definition) is 10. The van der Waals surface area contributed by atoms with Crippen LogP contribution in [0.2, 0.25) is 0 Å². The maximum Gasteiger partial charge on any atom is 0.407 e. The maximum absolute atomic E-state index is 14.4. The number of ether oxygens (including phenoxy) is 3. The first-order chi connectivity index (χ1) is 36.6. The van der Waals surface area contributed by atoms with E-state index in [1.165, 1.54) is 6.92 Å². The van der Waals surface area contributed by atoms with Gasteiger partial charge in [0.05, 0.1) is 18.1 Å². The zero-order chi connectivity index (χ0) is 55.9. The molecule has 0 heterocycles. The van der Waals surface area contributed by atoms with Crippen molar-refractivity contribution in [1.82, 2.24) is 31.9 Å². The average Bonchev–Trinajstić information content (AvgIpc) is 3.74. The fraction of sp³-hybridized carbons (Fsp3) is 0.383. The summed E-state index contributed by atoms with van der Waals surface area (Å²) in [6.45, 7) is 13.6. The van der Waals surface area contributed by atoms with Crippen molar-refractivity contribution in [2.45, 2.75) is 134 Å². The van der Waals surface area contributed by atoms with Gasteiger partial charge in [-0.3, -0.25) is 19.2 Å². The smallest absolute Gasteiger partial charge is 0.407 e. The fourth-order valence-corrected chi connectivity index (χ4v) is 9.40. The molecule has 0 aromatic heterocycles. The second kappa shape index (κ2) is 26.1. The Morgan fingerprint density at radius 2 is 1.06 bits per heavy atom. The number of carbonyl (C=O) groups excluding carboxylic acids is 6. The summed E-state index contributed by atoms with van der Waals surface area (Å²) in [5.74, 6) is -5.00. The largest absolute Gasteiger partial charge is 0.480 e. The number of aliphatic carboxylic acids is 1. The van der Waals surface area contributed by atoms with E-state index in [1.54, 1.807) is 48.5 Å². The molecule has 17 nitrogen and oxygen atoms in total. The Kier molecular flexibility index (Phi) is 19.8. The van der Waals surface area contributed by atoms with Crippen LogP contribution < -0.4 is 31.9 Å². The third kappa shape index (κ3) is 16.0. The van der Waals surface area contributed by atoms with Gasteiger partial charge in [0.1, 0.15) is 41.9 Å². The number of alkyl carbamates (subject to hydrolysis) is 2. The Labute approximate surface area is 450 Å². The van der Waals surface area contributed by atoms with Gasteiger partial charge < -0.3 is 51.2 Å². The molecule has 1 aliphatic carbocycles. The molecule has 6 rings (SSSR count). The lowest BCUT2D eigenvalue weighted by Crippen LogP contribution is -2.61. The molecule has 0 fully saturated rings. The highest BCUT2D eigenvalue weighted by molar-refractivity contribution is 5.96. The van der Waals surface area contributed by atoms with Gasteiger partial charge in [-0.05, 0) is 114 Å². The van der Waals surface area contributed by atoms with Crippen molar-refractivity contribution in [3.63, 3.8) is 0 Å². The van der Waals surface area contributed by atoms with Crippen molar-refractivity contribution in [1.29, 1.82) is 0 Å². The van der Waals surface area contributed by atoms with E-state index < -0.39 is 95.2 Å². The van der Waals surface area contributed by atoms with Crippen LogP contribution in [-0.4, -0.2) is 102 Å². The zero-order valence-corrected chi connectivity index (χ0v) is 45.0. The molecule has 0 aliphatic heterocycles. The number of carbonyl (C=O) groups is 7. The minimum absolute atomic E-state index is 0.0291. The van der Waals surface area contributed by atoms with E-state index in [2.05, 4.69) is 31.9 Å². The molecular formula is C60H72N6O11. The summed E-state index contributed by atoms with van der Waals surface area (Å²) in [5.41, 5.74) is 3.39. The lowest BCUT2D eigenvalue weighted by atomic mass is 9.77. The predicted molar refractivity (Wildman–Crippen MR) is 291 cm³/mol. The van der Waals surface area contributed by atoms with Gasteiger partial charge in [-0.1, -0.05) is 140 Å². The van der Waals surface area contributed by atoms with Crippen LogP contribution in [0.25, 0.3) is 11.1 Å². The molecule has 17 heteroatoms. The number of rotatable bonds is 23. The van der Waals surface area contributed by atoms with Crippen LogP contribution >= 0.6 is 0 Å². The summed E-state index contributed by atoms with van der Waals surface area (Å²) < 4.78 is 17.3. The van der Waals surface area contributed by atoms with Crippen molar-refractivity contribution in [3.05, 3.63) is 167 Å². The molecule has 6 amide bonds. The van der Waals surface area contributed by atoms with Crippen LogP contribution in [0.15, 0.2) is 140 Å². The molecule has 5 aromatic carbocycles. The van der Waals surface area contributed by atoms with Crippen LogP contribution in [0, 0.1) is 0 Å². The Morgan fingerprint density at radius 1 is 0.558 bits per heavy atom. The van der Waals surface area contributed by atoms with E-state index in [4.69, 9.17) is 14.2 Å². The summed E-state index contributed by atoms with van der Waals surface area (Å²) >= 11 is 0. The summed E-state index contributed by atoms with van der Waals surface area (Å²) in [7, 11) is 0. The third-order valence-electron chi connectivity index (χ3n) is 12.8. The van der Waals surface area contributed by atoms with Crippen molar-refractivity contribution >= 4 is 41.8 Å². The van der Waals surface area contributed by atoms with Crippen LogP contribution in [0.5, 0.6) is 0 Å². The second-order valence-corrected chi connectivity index (χ2v) is 21.1. The van der Waals surface area contributed by atoms with Gasteiger partial charge in [0, 0.05) is 12.5 Å². The average molecular weight is 1050 g/mol. The Morgan fingerprint density at radius 3 is 1.56 bits per heavy atom. The quantitative estimate of drug-likeness (QED) is 0.0246. The second-order valence-electron chi connectivity index (χ2n) is 21.1. The highest BCUT2D eigenvalue weighted by Crippen LogP contribution is 2.44. The highest BCUT2D eigenvalue weighted by Gasteiger charge is 2.40. The van der Waals surface area contributed by atoms with Gasteiger partial charge in [-0.2, -0.15) is 0 Å². The van der Waals surface area contributed by atoms with E-state index >= 15 is 0 Å². The van der Waals surface area contributed by atoms with E-state index in [0.29, 0.717) is 29.5 Å². The number of amides is 6. The van der Waals surface area contributed by atoms with Crippen LogP contribution in [-0.2, 0) is 43.7 Å². The molecular weight excluding hydrogens is 981 g/mol. The van der Waals surface area contributed by atoms with Crippen LogP contribution in [0.1, 0.15) is 115 Å². The maximum atomic E-state index is 14.4. The van der Waals surface area contributed by atoms with Crippen LogP contribution in [0.3, 0.4) is 0 Å². The number of nitrogens with one attached hydrogen (secondary N) is 6. The van der Waals surface area contributed by atoms with Gasteiger partial charge >= 0.3 is 18.2 Å². The summed E-state index contributed by atoms with van der Waals surface area (Å²) in [6, 6.07) is 37.6. The van der Waals surface area contributed by atoms with Gasteiger partial charge in [-0.25, -0.2) is 14.4 Å². The van der Waals surface area contributed by atoms with Crippen LogP contribution in [0.4, 0.5) is 9.59 Å². The van der Waals surface area contributed by atoms with Crippen molar-refractivity contribution in [2.75, 3.05) is 13.2 Å². The summed E-state index contributed by atoms with van der Waals surface area (Å²) in [6.07, 6.45) is -2.41. The molecule has 0 bridgehead atoms. The standard InChI is InChI=1S/C60H72N6O11/c1-38(52(68)63-49(55(71)72)36-50(67)66-60(40-24-12-9-13-25-40,41-26-14-10-15-27-41)42-28-16-11-17-29-42)62-54(70)51(39(2)76-58(3,4)5)65-53(69)48(34-22-23-35-61-56(73)77-59(6,7)8)64-57(74)75-37-47-45-32-20-18-30-43(45)44-31-19-21-33-46(44)47/h9-21,24-33,38-39,47-49,51H,22-23,34-37H2,1-8H3,(H,61,73)(H,62,70)(H,63,68)(H,64,74)(H,65,69)(H,66,67)(H,71,72)/t38-,39+,48-,49-,51-/m0/s1. The monoisotopic (exact) mass is 1050 g/mol. The molecule has 1 aliphatic rings. The molecule has 77 heavy (non-hydrogen) atoms. The lowest BCUT2D eigenvalue weighted by Gasteiger charge is -2.37. The van der Waals surface area contributed by atoms with Crippen molar-refractivity contribution in [2.24, 2.45) is 0 Å². The predicted octanol–water partition coefficient (Wildman–Crippen LogP) is 7.85. The van der Waals surface area contributed by atoms with E-state index in [-0.39, 0.29) is 25.5 Å². The Bertz CT molecular complexity index is 2690. The number of hydrogen-bond donors (Lipinski definition) is 7. The molecule has 7 N–H and O–H groups in total. The van der Waals surface area contributed by atoms with E-state index in [0.717, 1.165) is 22.3 Å². The first-order valence-electron chi connectivity index (χ1n) is 25.9. The number of carboxylic acid groups (broad SMARTS) is 1. The minimum atomic E-state index is -1.73. The lowest BCUT2D eigenvalue weighted by molar-refractivity contribution is -0.144. The van der Waals surface area contributed by atoms with E-state index in [1.807, 2.05) is 140 Å². The van der Waals surface area contributed by atoms with Gasteiger partial charge in [-0.15, -0.1) is 0 Å². The van der Waals surface area contributed by atoms with Crippen molar-refractivity contribution < 1.29 is 52.9 Å². The first-order valence-corrected chi connectivity index (χ1v) is 25.9. The summed E-state index contributed by atoms with van der Waals surface area (Å²) in [4.78, 5) is 95.5. The summed E-state index contributed by atoms with van der Waals surface area (Å²) in [5, 5.41) is 26.6. The Hall–Kier alpha value is -8.05. The number of unbranched alkanes of at least 4 members (excludes halogenated alkanes) is 1. The zero-order valence-electron chi connectivity index (χ0n) is 45.0. The SMILES string of the molecule is C[C@H](NC(=O)[C@@H](NC(=O)[C@H](CCCCNC(=O)OC(C)(C)C)NC(=O)OCC1c2ccccc2-c2ccccc21)[C@@H](C)OC(C)(C)C)C(=O)N[C@@H](CC(=O)NC(c1ccccc1)(c1ccccc1)c1ccccc1)C(=O)O. The van der Waals surface area contributed by atoms with Gasteiger partial charge in [0.25, 0.3) is 0 Å². The molecule has 5 aromatic rings. The number of benzene rings is 5. The minimum Gasteiger partial charge on any atom is -0.480 e. The topological polar surface area (TPSA) is 240 Å². The number of carboxylic acids is 1. The molecule has 0 radical (unpaired) electrons. The van der Waals surface area contributed by atoms with Crippen molar-refractivity contribution in [3.8, 4) is 11.1 Å². The van der Waals surface area contributed by atoms with E-state index in [9.17, 15) is 38.7 Å². The third-order valence-corrected chi connectivity index (χ3v) is 12.8. The molecule has 0 saturated heterocycles.